The Morgan fingerprint density at radius 1 is 1.33 bits per heavy atom. The SMILES string of the molecule is CCC1CCN(CC2NCCCC2C)C1. The summed E-state index contributed by atoms with van der Waals surface area (Å²) in [5.41, 5.74) is 0. The van der Waals surface area contributed by atoms with E-state index in [-0.39, 0.29) is 0 Å². The van der Waals surface area contributed by atoms with Crippen molar-refractivity contribution in [1.29, 1.82) is 0 Å². The second kappa shape index (κ2) is 5.31. The smallest absolute Gasteiger partial charge is 0.0220 e. The van der Waals surface area contributed by atoms with E-state index in [4.69, 9.17) is 0 Å². The average Bonchev–Trinajstić information content (AvgIpc) is 2.69. The van der Waals surface area contributed by atoms with Gasteiger partial charge in [-0.1, -0.05) is 20.3 Å². The van der Waals surface area contributed by atoms with Crippen LogP contribution < -0.4 is 5.32 Å². The molecule has 0 saturated carbocycles. The fraction of sp³-hybridized carbons (Fsp3) is 1.00. The first-order chi connectivity index (χ1) is 7.29. The normalized spacial score (nSPS) is 38.4. The number of hydrogen-bond donors (Lipinski definition) is 1. The summed E-state index contributed by atoms with van der Waals surface area (Å²) in [6.45, 7) is 9.95. The van der Waals surface area contributed by atoms with Gasteiger partial charge in [-0.25, -0.2) is 0 Å². The molecule has 2 aliphatic heterocycles. The predicted octanol–water partition coefficient (Wildman–Crippen LogP) is 2.11. The summed E-state index contributed by atoms with van der Waals surface area (Å²) in [6.07, 6.45) is 5.58. The van der Waals surface area contributed by atoms with Crippen LogP contribution in [0.1, 0.15) is 39.5 Å². The Labute approximate surface area is 94.4 Å². The highest BCUT2D eigenvalue weighted by Crippen LogP contribution is 2.22. The number of rotatable bonds is 3. The minimum absolute atomic E-state index is 0.759. The van der Waals surface area contributed by atoms with Gasteiger partial charge in [0.1, 0.15) is 0 Å². The lowest BCUT2D eigenvalue weighted by Crippen LogP contribution is -2.47. The molecule has 2 heterocycles. The van der Waals surface area contributed by atoms with Crippen LogP contribution in [0.25, 0.3) is 0 Å². The van der Waals surface area contributed by atoms with E-state index in [1.807, 2.05) is 0 Å². The van der Waals surface area contributed by atoms with Crippen molar-refractivity contribution in [2.24, 2.45) is 11.8 Å². The molecule has 0 aromatic carbocycles. The van der Waals surface area contributed by atoms with Crippen LogP contribution in [0.2, 0.25) is 0 Å². The molecule has 88 valence electrons. The summed E-state index contributed by atoms with van der Waals surface area (Å²) in [5.74, 6) is 1.85. The Bertz CT molecular complexity index is 193. The summed E-state index contributed by atoms with van der Waals surface area (Å²) in [4.78, 5) is 2.67. The topological polar surface area (TPSA) is 15.3 Å². The first kappa shape index (κ1) is 11.4. The van der Waals surface area contributed by atoms with Gasteiger partial charge in [-0.2, -0.15) is 0 Å². The molecule has 2 aliphatic rings. The van der Waals surface area contributed by atoms with Gasteiger partial charge in [0.05, 0.1) is 0 Å². The highest BCUT2D eigenvalue weighted by Gasteiger charge is 2.27. The second-order valence-electron chi connectivity index (χ2n) is 5.50. The quantitative estimate of drug-likeness (QED) is 0.767. The minimum atomic E-state index is 0.759. The van der Waals surface area contributed by atoms with Crippen molar-refractivity contribution in [3.05, 3.63) is 0 Å². The molecule has 15 heavy (non-hydrogen) atoms. The van der Waals surface area contributed by atoms with Crippen LogP contribution in [-0.4, -0.2) is 37.1 Å². The molecule has 0 aromatic rings. The zero-order valence-corrected chi connectivity index (χ0v) is 10.3. The monoisotopic (exact) mass is 210 g/mol. The first-order valence-electron chi connectivity index (χ1n) is 6.75. The van der Waals surface area contributed by atoms with Crippen molar-refractivity contribution < 1.29 is 0 Å². The predicted molar refractivity (Wildman–Crippen MR) is 65.0 cm³/mol. The minimum Gasteiger partial charge on any atom is -0.312 e. The van der Waals surface area contributed by atoms with Gasteiger partial charge < -0.3 is 10.2 Å². The van der Waals surface area contributed by atoms with E-state index in [0.29, 0.717) is 0 Å². The molecule has 2 saturated heterocycles. The number of likely N-dealkylation sites (tertiary alicyclic amines) is 1. The summed E-state index contributed by atoms with van der Waals surface area (Å²) < 4.78 is 0. The standard InChI is InChI=1S/C13H26N2/c1-3-12-6-8-15(9-12)10-13-11(2)5-4-7-14-13/h11-14H,3-10H2,1-2H3. The van der Waals surface area contributed by atoms with Crippen molar-refractivity contribution in [3.63, 3.8) is 0 Å². The zero-order valence-electron chi connectivity index (χ0n) is 10.3. The maximum Gasteiger partial charge on any atom is 0.0220 e. The fourth-order valence-electron chi connectivity index (χ4n) is 3.05. The van der Waals surface area contributed by atoms with Crippen LogP contribution in [0.4, 0.5) is 0 Å². The molecule has 0 aromatic heterocycles. The number of hydrogen-bond acceptors (Lipinski definition) is 2. The molecule has 2 heteroatoms. The van der Waals surface area contributed by atoms with Gasteiger partial charge in [0.2, 0.25) is 0 Å². The van der Waals surface area contributed by atoms with Gasteiger partial charge in [0.25, 0.3) is 0 Å². The van der Waals surface area contributed by atoms with Crippen molar-refractivity contribution in [3.8, 4) is 0 Å². The maximum atomic E-state index is 3.69. The van der Waals surface area contributed by atoms with Gasteiger partial charge in [-0.05, 0) is 44.2 Å². The van der Waals surface area contributed by atoms with Gasteiger partial charge in [-0.15, -0.1) is 0 Å². The molecule has 0 aliphatic carbocycles. The van der Waals surface area contributed by atoms with E-state index < -0.39 is 0 Å². The molecule has 0 radical (unpaired) electrons. The molecule has 0 spiro atoms. The van der Waals surface area contributed by atoms with E-state index >= 15 is 0 Å². The average molecular weight is 210 g/mol. The van der Waals surface area contributed by atoms with Crippen LogP contribution in [-0.2, 0) is 0 Å². The highest BCUT2D eigenvalue weighted by atomic mass is 15.2. The van der Waals surface area contributed by atoms with Gasteiger partial charge in [0.15, 0.2) is 0 Å². The number of piperidine rings is 1. The van der Waals surface area contributed by atoms with E-state index in [1.165, 1.54) is 51.9 Å². The third-order valence-electron chi connectivity index (χ3n) is 4.33. The van der Waals surface area contributed by atoms with E-state index in [1.54, 1.807) is 0 Å². The van der Waals surface area contributed by atoms with Crippen molar-refractivity contribution >= 4 is 0 Å². The van der Waals surface area contributed by atoms with Crippen molar-refractivity contribution in [2.75, 3.05) is 26.2 Å². The molecule has 0 amide bonds. The Kier molecular flexibility index (Phi) is 4.04. The third kappa shape index (κ3) is 2.94. The number of nitrogens with one attached hydrogen (secondary N) is 1. The molecule has 1 N–H and O–H groups in total. The van der Waals surface area contributed by atoms with Gasteiger partial charge in [-0.3, -0.25) is 0 Å². The molecule has 2 fully saturated rings. The molecular formula is C13H26N2. The van der Waals surface area contributed by atoms with Crippen molar-refractivity contribution in [2.45, 2.75) is 45.6 Å². The second-order valence-corrected chi connectivity index (χ2v) is 5.50. The third-order valence-corrected chi connectivity index (χ3v) is 4.33. The lowest BCUT2D eigenvalue weighted by Gasteiger charge is -2.33. The Morgan fingerprint density at radius 2 is 2.20 bits per heavy atom. The summed E-state index contributed by atoms with van der Waals surface area (Å²) >= 11 is 0. The first-order valence-corrected chi connectivity index (χ1v) is 6.75. The van der Waals surface area contributed by atoms with Gasteiger partial charge in [0, 0.05) is 19.1 Å². The molecule has 3 atom stereocenters. The van der Waals surface area contributed by atoms with E-state index in [9.17, 15) is 0 Å². The zero-order chi connectivity index (χ0) is 10.7. The van der Waals surface area contributed by atoms with E-state index in [2.05, 4.69) is 24.1 Å². The molecule has 2 rings (SSSR count). The van der Waals surface area contributed by atoms with Crippen molar-refractivity contribution in [1.82, 2.24) is 10.2 Å². The molecular weight excluding hydrogens is 184 g/mol. The number of nitrogens with zero attached hydrogens (tertiary/aromatic N) is 1. The Hall–Kier alpha value is -0.0800. The lowest BCUT2D eigenvalue weighted by atomic mass is 9.92. The summed E-state index contributed by atoms with van der Waals surface area (Å²) in [6, 6.07) is 0.759. The van der Waals surface area contributed by atoms with E-state index in [0.717, 1.165) is 17.9 Å². The Balaban J connectivity index is 1.76. The summed E-state index contributed by atoms with van der Waals surface area (Å²) in [5, 5.41) is 3.69. The maximum absolute atomic E-state index is 3.69. The Morgan fingerprint density at radius 3 is 2.87 bits per heavy atom. The lowest BCUT2D eigenvalue weighted by molar-refractivity contribution is 0.212. The van der Waals surface area contributed by atoms with Crippen LogP contribution >= 0.6 is 0 Å². The fourth-order valence-corrected chi connectivity index (χ4v) is 3.05. The highest BCUT2D eigenvalue weighted by molar-refractivity contribution is 4.84. The van der Waals surface area contributed by atoms with Crippen LogP contribution in [0.5, 0.6) is 0 Å². The van der Waals surface area contributed by atoms with Gasteiger partial charge >= 0.3 is 0 Å². The van der Waals surface area contributed by atoms with Crippen LogP contribution in [0.15, 0.2) is 0 Å². The van der Waals surface area contributed by atoms with Crippen LogP contribution in [0.3, 0.4) is 0 Å². The molecule has 3 unspecified atom stereocenters. The summed E-state index contributed by atoms with van der Waals surface area (Å²) in [7, 11) is 0. The largest absolute Gasteiger partial charge is 0.312 e. The molecule has 2 nitrogen and oxygen atoms in total. The molecule has 0 bridgehead atoms. The van der Waals surface area contributed by atoms with Crippen LogP contribution in [0, 0.1) is 11.8 Å².